The van der Waals surface area contributed by atoms with E-state index in [1.54, 1.807) is 0 Å². The van der Waals surface area contributed by atoms with E-state index in [2.05, 4.69) is 15.5 Å². The lowest BCUT2D eigenvalue weighted by Crippen LogP contribution is -2.40. The first-order valence-electron chi connectivity index (χ1n) is 10.0. The van der Waals surface area contributed by atoms with Gasteiger partial charge in [0.15, 0.2) is 0 Å². The molecule has 164 valence electrons. The van der Waals surface area contributed by atoms with Crippen LogP contribution >= 0.6 is 0 Å². The van der Waals surface area contributed by atoms with E-state index in [9.17, 15) is 9.59 Å². The van der Waals surface area contributed by atoms with E-state index in [0.717, 1.165) is 5.69 Å². The first-order chi connectivity index (χ1) is 14.0. The van der Waals surface area contributed by atoms with Gasteiger partial charge in [0.25, 0.3) is 0 Å². The number of nitrogens with zero attached hydrogens (tertiary/aromatic N) is 1. The minimum absolute atomic E-state index is 0.101. The molecule has 1 aromatic rings. The zero-order chi connectivity index (χ0) is 21.5. The highest BCUT2D eigenvalue weighted by Gasteiger charge is 2.10. The number of aliphatic hydroxyl groups is 2. The van der Waals surface area contributed by atoms with Gasteiger partial charge in [-0.25, -0.2) is 0 Å². The maximum Gasteiger partial charge on any atom is 0.220 e. The molecule has 0 aromatic heterocycles. The van der Waals surface area contributed by atoms with Crippen molar-refractivity contribution in [3.8, 4) is 0 Å². The van der Waals surface area contributed by atoms with Crippen molar-refractivity contribution in [1.29, 1.82) is 0 Å². The molecule has 1 aromatic carbocycles. The number of nitrogens with one attached hydrogen (secondary N) is 2. The number of anilines is 1. The van der Waals surface area contributed by atoms with E-state index in [0.29, 0.717) is 39.0 Å². The van der Waals surface area contributed by atoms with E-state index in [-0.39, 0.29) is 50.0 Å². The summed E-state index contributed by atoms with van der Waals surface area (Å²) in [7, 11) is 0. The molecule has 0 bridgehead atoms. The van der Waals surface area contributed by atoms with Crippen molar-refractivity contribution in [3.63, 3.8) is 0 Å². The molecule has 0 aliphatic carbocycles. The number of para-hydroxylation sites is 1. The first kappa shape index (κ1) is 24.8. The molecular formula is C20H35N5O4. The van der Waals surface area contributed by atoms with Crippen LogP contribution in [0, 0.1) is 0 Å². The van der Waals surface area contributed by atoms with Gasteiger partial charge >= 0.3 is 0 Å². The number of amides is 2. The summed E-state index contributed by atoms with van der Waals surface area (Å²) in [5.41, 5.74) is 12.2. The Morgan fingerprint density at radius 2 is 1.31 bits per heavy atom. The standard InChI is InChI=1S/C20H35N5O4/c21-16(14-26)6-8-19(28)23-10-12-25(18-4-2-1-3-5-18)13-11-24-20(29)9-7-17(22)15-27/h1-5,16-17,26-27H,6-15,21-22H2,(H,23,28)(H,24,29)/t16-,17-/m0/s1. The Hall–Kier alpha value is -2.20. The maximum absolute atomic E-state index is 11.9. The molecule has 1 rings (SSSR count). The highest BCUT2D eigenvalue weighted by Crippen LogP contribution is 2.12. The van der Waals surface area contributed by atoms with Gasteiger partial charge in [-0.3, -0.25) is 9.59 Å². The lowest BCUT2D eigenvalue weighted by atomic mass is 10.2. The Morgan fingerprint density at radius 3 is 1.72 bits per heavy atom. The number of aliphatic hydroxyl groups excluding tert-OH is 2. The van der Waals surface area contributed by atoms with Gasteiger partial charge in [0, 0.05) is 56.8 Å². The molecule has 0 saturated heterocycles. The number of hydrogen-bond donors (Lipinski definition) is 6. The van der Waals surface area contributed by atoms with Crippen LogP contribution in [0.25, 0.3) is 0 Å². The quantitative estimate of drug-likeness (QED) is 0.215. The highest BCUT2D eigenvalue weighted by molar-refractivity contribution is 5.76. The first-order valence-corrected chi connectivity index (χ1v) is 10.0. The van der Waals surface area contributed by atoms with Gasteiger partial charge in [-0.1, -0.05) is 18.2 Å². The number of carbonyl (C=O) groups is 2. The molecular weight excluding hydrogens is 374 g/mol. The van der Waals surface area contributed by atoms with Gasteiger partial charge < -0.3 is 37.2 Å². The van der Waals surface area contributed by atoms with E-state index in [1.807, 2.05) is 30.3 Å². The average molecular weight is 410 g/mol. The zero-order valence-electron chi connectivity index (χ0n) is 16.9. The molecule has 9 nitrogen and oxygen atoms in total. The summed E-state index contributed by atoms with van der Waals surface area (Å²) in [6.45, 7) is 1.84. The summed E-state index contributed by atoms with van der Waals surface area (Å²) in [6, 6.07) is 9.00. The molecule has 9 heteroatoms. The molecule has 0 fully saturated rings. The van der Waals surface area contributed by atoms with Crippen LogP contribution in [0.2, 0.25) is 0 Å². The smallest absolute Gasteiger partial charge is 0.220 e. The van der Waals surface area contributed by atoms with Gasteiger partial charge in [-0.05, 0) is 25.0 Å². The average Bonchev–Trinajstić information content (AvgIpc) is 2.75. The fourth-order valence-electron chi connectivity index (χ4n) is 2.66. The van der Waals surface area contributed by atoms with E-state index >= 15 is 0 Å². The van der Waals surface area contributed by atoms with Crippen molar-refractivity contribution in [3.05, 3.63) is 30.3 Å². The van der Waals surface area contributed by atoms with Crippen molar-refractivity contribution in [1.82, 2.24) is 10.6 Å². The Labute approximate surface area is 172 Å². The third-order valence-corrected chi connectivity index (χ3v) is 4.48. The predicted octanol–water partition coefficient (Wildman–Crippen LogP) is -1.07. The van der Waals surface area contributed by atoms with Crippen LogP contribution in [0.5, 0.6) is 0 Å². The second-order valence-corrected chi connectivity index (χ2v) is 6.99. The van der Waals surface area contributed by atoms with Crippen molar-refractivity contribution in [2.45, 2.75) is 37.8 Å². The third kappa shape index (κ3) is 11.4. The van der Waals surface area contributed by atoms with E-state index in [1.165, 1.54) is 0 Å². The Kier molecular flexibility index (Phi) is 12.6. The molecule has 29 heavy (non-hydrogen) atoms. The second kappa shape index (κ2) is 14.7. The summed E-state index contributed by atoms with van der Waals surface area (Å²) in [4.78, 5) is 25.9. The second-order valence-electron chi connectivity index (χ2n) is 6.99. The van der Waals surface area contributed by atoms with Crippen molar-refractivity contribution in [2.75, 3.05) is 44.3 Å². The number of hydrogen-bond acceptors (Lipinski definition) is 7. The molecule has 0 aliphatic heterocycles. The molecule has 0 saturated carbocycles. The van der Waals surface area contributed by atoms with Gasteiger partial charge in [-0.15, -0.1) is 0 Å². The largest absolute Gasteiger partial charge is 0.395 e. The Morgan fingerprint density at radius 1 is 0.862 bits per heavy atom. The summed E-state index contributed by atoms with van der Waals surface area (Å²) < 4.78 is 0. The van der Waals surface area contributed by atoms with Crippen molar-refractivity contribution < 1.29 is 19.8 Å². The Bertz CT molecular complexity index is 555. The maximum atomic E-state index is 11.9. The molecule has 0 aliphatic rings. The lowest BCUT2D eigenvalue weighted by molar-refractivity contribution is -0.122. The van der Waals surface area contributed by atoms with Gasteiger partial charge in [0.1, 0.15) is 0 Å². The van der Waals surface area contributed by atoms with E-state index < -0.39 is 0 Å². The monoisotopic (exact) mass is 409 g/mol. The highest BCUT2D eigenvalue weighted by atomic mass is 16.3. The van der Waals surface area contributed by atoms with Crippen LogP contribution in [0.1, 0.15) is 25.7 Å². The number of carbonyl (C=O) groups excluding carboxylic acids is 2. The number of rotatable bonds is 15. The molecule has 0 spiro atoms. The molecule has 2 amide bonds. The van der Waals surface area contributed by atoms with Crippen LogP contribution in [0.15, 0.2) is 30.3 Å². The van der Waals surface area contributed by atoms with Crippen LogP contribution in [-0.4, -0.2) is 73.5 Å². The summed E-state index contributed by atoms with van der Waals surface area (Å²) >= 11 is 0. The van der Waals surface area contributed by atoms with Gasteiger partial charge in [0.05, 0.1) is 13.2 Å². The molecule has 0 radical (unpaired) electrons. The zero-order valence-corrected chi connectivity index (χ0v) is 16.9. The molecule has 0 unspecified atom stereocenters. The minimum Gasteiger partial charge on any atom is -0.395 e. The van der Waals surface area contributed by atoms with Crippen LogP contribution in [0.3, 0.4) is 0 Å². The van der Waals surface area contributed by atoms with Crippen molar-refractivity contribution in [2.24, 2.45) is 11.5 Å². The van der Waals surface area contributed by atoms with Crippen LogP contribution in [0.4, 0.5) is 5.69 Å². The number of benzene rings is 1. The summed E-state index contributed by atoms with van der Waals surface area (Å²) in [6.07, 6.45) is 1.44. The Balaban J connectivity index is 2.41. The fraction of sp³-hybridized carbons (Fsp3) is 0.600. The van der Waals surface area contributed by atoms with Gasteiger partial charge in [-0.2, -0.15) is 0 Å². The third-order valence-electron chi connectivity index (χ3n) is 4.48. The SMILES string of the molecule is N[C@H](CO)CCC(=O)NCCN(CCNC(=O)CC[C@H](N)CO)c1ccccc1. The van der Waals surface area contributed by atoms with Gasteiger partial charge in [0.2, 0.25) is 11.8 Å². The van der Waals surface area contributed by atoms with Crippen LogP contribution < -0.4 is 27.0 Å². The molecule has 8 N–H and O–H groups in total. The fourth-order valence-corrected chi connectivity index (χ4v) is 2.66. The summed E-state index contributed by atoms with van der Waals surface area (Å²) in [5.74, 6) is -0.203. The van der Waals surface area contributed by atoms with Crippen LogP contribution in [-0.2, 0) is 9.59 Å². The van der Waals surface area contributed by atoms with Crippen molar-refractivity contribution >= 4 is 17.5 Å². The molecule has 0 heterocycles. The summed E-state index contributed by atoms with van der Waals surface area (Å²) in [5, 5.41) is 23.5. The normalized spacial score (nSPS) is 12.8. The predicted molar refractivity (Wildman–Crippen MR) is 113 cm³/mol. The topological polar surface area (TPSA) is 154 Å². The lowest BCUT2D eigenvalue weighted by Gasteiger charge is -2.25. The minimum atomic E-state index is -0.378. The van der Waals surface area contributed by atoms with E-state index in [4.69, 9.17) is 21.7 Å². The number of nitrogens with two attached hydrogens (primary N) is 2. The molecule has 2 atom stereocenters.